The molecule has 1 unspecified atom stereocenters. The zero-order chi connectivity index (χ0) is 21.5. The monoisotopic (exact) mass is 416 g/mol. The quantitative estimate of drug-likeness (QED) is 0.655. The fraction of sp³-hybridized carbons (Fsp3) is 0.208. The number of amides is 2. The van der Waals surface area contributed by atoms with Gasteiger partial charge in [-0.05, 0) is 24.4 Å². The van der Waals surface area contributed by atoms with E-state index in [0.29, 0.717) is 22.7 Å². The third-order valence-electron chi connectivity index (χ3n) is 5.70. The molecule has 7 nitrogen and oxygen atoms in total. The normalized spacial score (nSPS) is 17.3. The molecule has 1 atom stereocenters. The standard InChI is InChI=1S/C24H20N2O5/c1-14(27)18-10-21-22(31-13-30-21)11-19(18)25-24(29)16-9-23(28)26(12-16)20-8-4-6-15-5-2-3-7-17(15)20/h2-8,10-11,16H,9,12-13H2,1H3,(H,25,29). The number of ketones is 1. The maximum absolute atomic E-state index is 13.0. The highest BCUT2D eigenvalue weighted by Crippen LogP contribution is 2.38. The number of ether oxygens (including phenoxy) is 2. The van der Waals surface area contributed by atoms with Crippen molar-refractivity contribution >= 4 is 39.7 Å². The molecule has 3 aromatic carbocycles. The van der Waals surface area contributed by atoms with Crippen LogP contribution in [-0.2, 0) is 9.59 Å². The number of Topliss-reactive ketones (excluding diaryl/α,β-unsaturated/α-hetero) is 1. The molecule has 0 aromatic heterocycles. The predicted molar refractivity (Wildman–Crippen MR) is 116 cm³/mol. The number of hydrogen-bond acceptors (Lipinski definition) is 5. The van der Waals surface area contributed by atoms with Gasteiger partial charge in [-0.3, -0.25) is 14.4 Å². The molecule has 0 bridgehead atoms. The summed E-state index contributed by atoms with van der Waals surface area (Å²) in [5, 5.41) is 4.82. The van der Waals surface area contributed by atoms with Crippen molar-refractivity contribution in [2.24, 2.45) is 5.92 Å². The summed E-state index contributed by atoms with van der Waals surface area (Å²) in [6.45, 7) is 1.77. The molecule has 5 rings (SSSR count). The van der Waals surface area contributed by atoms with Gasteiger partial charge in [0.15, 0.2) is 17.3 Å². The van der Waals surface area contributed by atoms with E-state index in [1.165, 1.54) is 6.92 Å². The number of carbonyl (C=O) groups is 3. The summed E-state index contributed by atoms with van der Waals surface area (Å²) >= 11 is 0. The Bertz CT molecular complexity index is 1230. The second-order valence-electron chi connectivity index (χ2n) is 7.70. The average Bonchev–Trinajstić information content (AvgIpc) is 3.38. The first-order valence-corrected chi connectivity index (χ1v) is 10.0. The van der Waals surface area contributed by atoms with Gasteiger partial charge in [0.05, 0.1) is 17.3 Å². The lowest BCUT2D eigenvalue weighted by Crippen LogP contribution is -2.28. The van der Waals surface area contributed by atoms with Crippen molar-refractivity contribution in [3.8, 4) is 11.5 Å². The minimum atomic E-state index is -0.531. The SMILES string of the molecule is CC(=O)c1cc2c(cc1NC(=O)C1CC(=O)N(c3cccc4ccccc34)C1)OCO2. The molecule has 2 amide bonds. The van der Waals surface area contributed by atoms with Crippen molar-refractivity contribution in [1.29, 1.82) is 0 Å². The molecule has 2 heterocycles. The topological polar surface area (TPSA) is 84.9 Å². The molecule has 7 heteroatoms. The van der Waals surface area contributed by atoms with Gasteiger partial charge in [-0.2, -0.15) is 0 Å². The summed E-state index contributed by atoms with van der Waals surface area (Å²) in [5.74, 6) is -0.196. The Morgan fingerprint density at radius 1 is 1.03 bits per heavy atom. The van der Waals surface area contributed by atoms with Gasteiger partial charge < -0.3 is 19.7 Å². The van der Waals surface area contributed by atoms with Crippen LogP contribution < -0.4 is 19.7 Å². The second-order valence-corrected chi connectivity index (χ2v) is 7.70. The van der Waals surface area contributed by atoms with Crippen LogP contribution in [0.25, 0.3) is 10.8 Å². The molecule has 0 radical (unpaired) electrons. The highest BCUT2D eigenvalue weighted by Gasteiger charge is 2.36. The van der Waals surface area contributed by atoms with Gasteiger partial charge in [-0.1, -0.05) is 36.4 Å². The van der Waals surface area contributed by atoms with E-state index in [1.807, 2.05) is 42.5 Å². The van der Waals surface area contributed by atoms with Gasteiger partial charge in [0.25, 0.3) is 0 Å². The van der Waals surface area contributed by atoms with E-state index in [9.17, 15) is 14.4 Å². The van der Waals surface area contributed by atoms with E-state index in [0.717, 1.165) is 16.5 Å². The van der Waals surface area contributed by atoms with Crippen molar-refractivity contribution in [1.82, 2.24) is 0 Å². The highest BCUT2D eigenvalue weighted by atomic mass is 16.7. The van der Waals surface area contributed by atoms with Gasteiger partial charge >= 0.3 is 0 Å². The summed E-state index contributed by atoms with van der Waals surface area (Å²) in [7, 11) is 0. The van der Waals surface area contributed by atoms with Crippen LogP contribution in [0, 0.1) is 5.92 Å². The van der Waals surface area contributed by atoms with Gasteiger partial charge in [-0.15, -0.1) is 0 Å². The van der Waals surface area contributed by atoms with Crippen LogP contribution in [0.3, 0.4) is 0 Å². The lowest BCUT2D eigenvalue weighted by atomic mass is 10.1. The molecule has 2 aliphatic heterocycles. The Balaban J connectivity index is 1.39. The van der Waals surface area contributed by atoms with E-state index >= 15 is 0 Å². The molecule has 2 aliphatic rings. The second kappa shape index (κ2) is 7.43. The molecule has 3 aromatic rings. The number of fused-ring (bicyclic) bond motifs is 2. The van der Waals surface area contributed by atoms with Crippen molar-refractivity contribution in [3.63, 3.8) is 0 Å². The summed E-state index contributed by atoms with van der Waals surface area (Å²) in [6.07, 6.45) is 0.106. The van der Waals surface area contributed by atoms with E-state index in [2.05, 4.69) is 5.32 Å². The van der Waals surface area contributed by atoms with Crippen LogP contribution in [0.2, 0.25) is 0 Å². The number of rotatable bonds is 4. The Morgan fingerprint density at radius 2 is 1.77 bits per heavy atom. The first-order chi connectivity index (χ1) is 15.0. The van der Waals surface area contributed by atoms with Crippen molar-refractivity contribution < 1.29 is 23.9 Å². The van der Waals surface area contributed by atoms with Gasteiger partial charge in [0.1, 0.15) is 0 Å². The molecule has 0 spiro atoms. The van der Waals surface area contributed by atoms with Crippen molar-refractivity contribution in [2.45, 2.75) is 13.3 Å². The van der Waals surface area contributed by atoms with Crippen LogP contribution in [0.5, 0.6) is 11.5 Å². The Labute approximate surface area is 178 Å². The number of nitrogens with zero attached hydrogens (tertiary/aromatic N) is 1. The average molecular weight is 416 g/mol. The first-order valence-electron chi connectivity index (χ1n) is 10.0. The van der Waals surface area contributed by atoms with E-state index in [4.69, 9.17) is 9.47 Å². The molecule has 1 saturated heterocycles. The predicted octanol–water partition coefficient (Wildman–Crippen LogP) is 3.76. The zero-order valence-corrected chi connectivity index (χ0v) is 16.9. The van der Waals surface area contributed by atoms with Crippen LogP contribution in [0.1, 0.15) is 23.7 Å². The Kier molecular flexibility index (Phi) is 4.58. The third-order valence-corrected chi connectivity index (χ3v) is 5.70. The van der Waals surface area contributed by atoms with Gasteiger partial charge in [0, 0.05) is 30.0 Å². The van der Waals surface area contributed by atoms with Gasteiger partial charge in [0.2, 0.25) is 18.6 Å². The number of carbonyl (C=O) groups excluding carboxylic acids is 3. The number of anilines is 2. The lowest BCUT2D eigenvalue weighted by molar-refractivity contribution is -0.122. The first kappa shape index (κ1) is 19.1. The molecule has 0 saturated carbocycles. The largest absolute Gasteiger partial charge is 0.454 e. The minimum Gasteiger partial charge on any atom is -0.454 e. The summed E-state index contributed by atoms with van der Waals surface area (Å²) < 4.78 is 10.7. The van der Waals surface area contributed by atoms with E-state index in [1.54, 1.807) is 17.0 Å². The van der Waals surface area contributed by atoms with Crippen molar-refractivity contribution in [2.75, 3.05) is 23.6 Å². The molecule has 0 aliphatic carbocycles. The minimum absolute atomic E-state index is 0.0706. The molecule has 31 heavy (non-hydrogen) atoms. The molecule has 1 N–H and O–H groups in total. The number of hydrogen-bond donors (Lipinski definition) is 1. The lowest BCUT2D eigenvalue weighted by Gasteiger charge is -2.19. The van der Waals surface area contributed by atoms with Crippen LogP contribution in [0.4, 0.5) is 11.4 Å². The van der Waals surface area contributed by atoms with Crippen LogP contribution >= 0.6 is 0 Å². The fourth-order valence-corrected chi connectivity index (χ4v) is 4.13. The third kappa shape index (κ3) is 3.38. The van der Waals surface area contributed by atoms with Crippen LogP contribution in [-0.4, -0.2) is 30.9 Å². The summed E-state index contributed by atoms with van der Waals surface area (Å²) in [4.78, 5) is 39.5. The van der Waals surface area contributed by atoms with E-state index in [-0.39, 0.29) is 37.4 Å². The molecular weight excluding hydrogens is 396 g/mol. The Hall–Kier alpha value is -3.87. The van der Waals surface area contributed by atoms with Crippen molar-refractivity contribution in [3.05, 3.63) is 60.2 Å². The number of nitrogens with one attached hydrogen (secondary N) is 1. The Morgan fingerprint density at radius 3 is 2.58 bits per heavy atom. The number of benzene rings is 3. The molecule has 1 fully saturated rings. The summed E-state index contributed by atoms with van der Waals surface area (Å²) in [6, 6.07) is 16.8. The smallest absolute Gasteiger partial charge is 0.231 e. The van der Waals surface area contributed by atoms with E-state index < -0.39 is 5.92 Å². The summed E-state index contributed by atoms with van der Waals surface area (Å²) in [5.41, 5.74) is 1.50. The maximum atomic E-state index is 13.0. The molecular formula is C24H20N2O5. The zero-order valence-electron chi connectivity index (χ0n) is 16.9. The maximum Gasteiger partial charge on any atom is 0.231 e. The van der Waals surface area contributed by atoms with Gasteiger partial charge in [-0.25, -0.2) is 0 Å². The fourth-order valence-electron chi connectivity index (χ4n) is 4.13. The highest BCUT2D eigenvalue weighted by molar-refractivity contribution is 6.10. The van der Waals surface area contributed by atoms with Crippen LogP contribution in [0.15, 0.2) is 54.6 Å². The molecule has 156 valence electrons.